The molecule has 0 saturated carbocycles. The Labute approximate surface area is 109 Å². The third kappa shape index (κ3) is 2.12. The van der Waals surface area contributed by atoms with Crippen molar-refractivity contribution in [1.29, 1.82) is 0 Å². The number of halogens is 2. The molecule has 86 valence electrons. The van der Waals surface area contributed by atoms with Crippen LogP contribution < -0.4 is 0 Å². The number of aromatic nitrogens is 2. The summed E-state index contributed by atoms with van der Waals surface area (Å²) in [6, 6.07) is 0. The van der Waals surface area contributed by atoms with Crippen LogP contribution in [0.5, 0.6) is 0 Å². The minimum Gasteiger partial charge on any atom is -0.289 e. The van der Waals surface area contributed by atoms with Crippen LogP contribution >= 0.6 is 34.5 Å². The summed E-state index contributed by atoms with van der Waals surface area (Å²) in [5.74, 6) is 0.934. The topological polar surface area (TPSA) is 17.3 Å². The number of rotatable bonds is 3. The highest BCUT2D eigenvalue weighted by atomic mass is 35.5. The van der Waals surface area contributed by atoms with Gasteiger partial charge in [-0.2, -0.15) is 0 Å². The van der Waals surface area contributed by atoms with Crippen LogP contribution in [0, 0.1) is 5.92 Å². The van der Waals surface area contributed by atoms with Crippen molar-refractivity contribution in [2.24, 2.45) is 5.92 Å². The summed E-state index contributed by atoms with van der Waals surface area (Å²) in [6.07, 6.45) is 4.00. The summed E-state index contributed by atoms with van der Waals surface area (Å²) in [7, 11) is 0. The molecule has 2 nitrogen and oxygen atoms in total. The molecule has 0 radical (unpaired) electrons. The summed E-state index contributed by atoms with van der Waals surface area (Å²) in [6.45, 7) is 4.24. The summed E-state index contributed by atoms with van der Waals surface area (Å²) in [5, 5.41) is 2.53. The van der Waals surface area contributed by atoms with Gasteiger partial charge >= 0.3 is 0 Å². The molecule has 0 unspecified atom stereocenters. The maximum atomic E-state index is 6.10. The lowest BCUT2D eigenvalue weighted by Gasteiger charge is -2.07. The number of hydrogen-bond acceptors (Lipinski definition) is 2. The fourth-order valence-corrected chi connectivity index (χ4v) is 2.82. The number of nitrogens with zero attached hydrogens (tertiary/aromatic N) is 2. The molecular weight excluding hydrogens is 263 g/mol. The van der Waals surface area contributed by atoms with Crippen LogP contribution in [-0.2, 0) is 0 Å². The first-order valence-corrected chi connectivity index (χ1v) is 6.80. The fourth-order valence-electron chi connectivity index (χ4n) is 1.44. The Hall–Kier alpha value is -0.510. The number of alkyl halides is 1. The molecule has 0 N–H and O–H groups in total. The van der Waals surface area contributed by atoms with Gasteiger partial charge in [0.25, 0.3) is 0 Å². The molecule has 2 rings (SSSR count). The van der Waals surface area contributed by atoms with Gasteiger partial charge < -0.3 is 0 Å². The quantitative estimate of drug-likeness (QED) is 0.762. The predicted molar refractivity (Wildman–Crippen MR) is 71.6 cm³/mol. The largest absolute Gasteiger partial charge is 0.289 e. The minimum absolute atomic E-state index is 0.415. The van der Waals surface area contributed by atoms with E-state index in [4.69, 9.17) is 23.2 Å². The summed E-state index contributed by atoms with van der Waals surface area (Å²) < 4.78 is 1.99. The normalized spacial score (nSPS) is 12.9. The number of imidazole rings is 1. The Morgan fingerprint density at radius 1 is 1.62 bits per heavy atom. The Bertz CT molecular complexity index is 525. The first-order valence-electron chi connectivity index (χ1n) is 5.01. The maximum absolute atomic E-state index is 6.10. The molecule has 0 spiro atoms. The highest BCUT2D eigenvalue weighted by Crippen LogP contribution is 2.25. The van der Waals surface area contributed by atoms with Crippen LogP contribution in [0.4, 0.5) is 0 Å². The smallest absolute Gasteiger partial charge is 0.195 e. The molecule has 0 aromatic carbocycles. The molecule has 5 heteroatoms. The van der Waals surface area contributed by atoms with Gasteiger partial charge in [-0.05, 0) is 12.0 Å². The SMILES string of the molecule is CC(C)C(=Cc1c(Cl)nc2sccn12)CCl. The van der Waals surface area contributed by atoms with E-state index in [9.17, 15) is 0 Å². The molecule has 2 aromatic heterocycles. The molecule has 0 aliphatic heterocycles. The maximum Gasteiger partial charge on any atom is 0.195 e. The van der Waals surface area contributed by atoms with Gasteiger partial charge in [-0.3, -0.25) is 4.40 Å². The van der Waals surface area contributed by atoms with E-state index in [1.165, 1.54) is 0 Å². The fraction of sp³-hybridized carbons (Fsp3) is 0.364. The van der Waals surface area contributed by atoms with Gasteiger partial charge in [0.15, 0.2) is 10.1 Å². The third-order valence-corrected chi connectivity index (χ3v) is 3.82. The first-order chi connectivity index (χ1) is 7.63. The predicted octanol–water partition coefficient (Wildman–Crippen LogP) is 4.33. The van der Waals surface area contributed by atoms with Gasteiger partial charge in [-0.15, -0.1) is 22.9 Å². The van der Waals surface area contributed by atoms with Crippen LogP contribution in [0.3, 0.4) is 0 Å². The third-order valence-electron chi connectivity index (χ3n) is 2.47. The minimum atomic E-state index is 0.415. The lowest BCUT2D eigenvalue weighted by molar-refractivity contribution is 0.777. The first kappa shape index (κ1) is 12.0. The van der Waals surface area contributed by atoms with E-state index >= 15 is 0 Å². The van der Waals surface area contributed by atoms with E-state index in [2.05, 4.69) is 18.8 Å². The van der Waals surface area contributed by atoms with Crippen LogP contribution in [0.25, 0.3) is 11.0 Å². The van der Waals surface area contributed by atoms with E-state index in [1.54, 1.807) is 11.3 Å². The van der Waals surface area contributed by atoms with Gasteiger partial charge in [-0.25, -0.2) is 4.98 Å². The molecule has 0 atom stereocenters. The number of hydrogen-bond donors (Lipinski definition) is 0. The van der Waals surface area contributed by atoms with Crippen molar-refractivity contribution in [1.82, 2.24) is 9.38 Å². The van der Waals surface area contributed by atoms with Gasteiger partial charge in [0.2, 0.25) is 0 Å². The van der Waals surface area contributed by atoms with Crippen molar-refractivity contribution in [2.75, 3.05) is 5.88 Å². The van der Waals surface area contributed by atoms with Crippen molar-refractivity contribution in [3.05, 3.63) is 28.0 Å². The van der Waals surface area contributed by atoms with E-state index < -0.39 is 0 Å². The van der Waals surface area contributed by atoms with Crippen LogP contribution in [0.2, 0.25) is 5.15 Å². The standard InChI is InChI=1S/C11H12Cl2N2S/c1-7(2)8(6-12)5-9-10(13)14-11-15(9)3-4-16-11/h3-5,7H,6H2,1-2H3. The molecule has 2 aromatic rings. The Balaban J connectivity index is 2.53. The number of fused-ring (bicyclic) bond motifs is 1. The Kier molecular flexibility index (Phi) is 3.57. The van der Waals surface area contributed by atoms with Crippen LogP contribution in [-0.4, -0.2) is 15.3 Å². The number of thiazole rings is 1. The molecule has 0 amide bonds. The second-order valence-corrected chi connectivity index (χ2v) is 5.35. The Morgan fingerprint density at radius 3 is 3.00 bits per heavy atom. The zero-order valence-corrected chi connectivity index (χ0v) is 11.4. The summed E-state index contributed by atoms with van der Waals surface area (Å²) >= 11 is 13.6. The van der Waals surface area contributed by atoms with Crippen LogP contribution in [0.15, 0.2) is 17.2 Å². The van der Waals surface area contributed by atoms with Gasteiger partial charge in [-0.1, -0.05) is 31.0 Å². The second kappa shape index (κ2) is 4.78. The molecule has 16 heavy (non-hydrogen) atoms. The van der Waals surface area contributed by atoms with Crippen molar-refractivity contribution in [3.8, 4) is 0 Å². The summed E-state index contributed by atoms with van der Waals surface area (Å²) in [5.41, 5.74) is 2.08. The van der Waals surface area contributed by atoms with E-state index in [-0.39, 0.29) is 0 Å². The average molecular weight is 275 g/mol. The summed E-state index contributed by atoms with van der Waals surface area (Å²) in [4.78, 5) is 5.19. The molecule has 0 fully saturated rings. The molecule has 0 aliphatic carbocycles. The van der Waals surface area contributed by atoms with Crippen molar-refractivity contribution >= 4 is 45.6 Å². The van der Waals surface area contributed by atoms with Crippen LogP contribution in [0.1, 0.15) is 19.5 Å². The molecule has 0 saturated heterocycles. The van der Waals surface area contributed by atoms with Gasteiger partial charge in [0, 0.05) is 17.5 Å². The molecule has 0 aliphatic rings. The van der Waals surface area contributed by atoms with Gasteiger partial charge in [0.1, 0.15) is 0 Å². The zero-order valence-electron chi connectivity index (χ0n) is 9.08. The van der Waals surface area contributed by atoms with E-state index in [0.29, 0.717) is 17.0 Å². The molecule has 0 bridgehead atoms. The molecule has 2 heterocycles. The van der Waals surface area contributed by atoms with Gasteiger partial charge in [0.05, 0.1) is 5.69 Å². The second-order valence-electron chi connectivity index (χ2n) is 3.85. The highest BCUT2D eigenvalue weighted by Gasteiger charge is 2.11. The lowest BCUT2D eigenvalue weighted by atomic mass is 10.0. The lowest BCUT2D eigenvalue weighted by Crippen LogP contribution is -1.96. The average Bonchev–Trinajstić information content (AvgIpc) is 2.75. The van der Waals surface area contributed by atoms with E-state index in [1.807, 2.05) is 22.1 Å². The zero-order chi connectivity index (χ0) is 11.7. The van der Waals surface area contributed by atoms with E-state index in [0.717, 1.165) is 16.2 Å². The number of allylic oxidation sites excluding steroid dienone is 1. The highest BCUT2D eigenvalue weighted by molar-refractivity contribution is 7.15. The van der Waals surface area contributed by atoms with Crippen molar-refractivity contribution < 1.29 is 0 Å². The Morgan fingerprint density at radius 2 is 2.38 bits per heavy atom. The van der Waals surface area contributed by atoms with Crippen molar-refractivity contribution in [2.45, 2.75) is 13.8 Å². The van der Waals surface area contributed by atoms with Crippen molar-refractivity contribution in [3.63, 3.8) is 0 Å². The monoisotopic (exact) mass is 274 g/mol. The molecular formula is C11H12Cl2N2S.